The van der Waals surface area contributed by atoms with Crippen molar-refractivity contribution < 1.29 is 5.11 Å². The fourth-order valence-electron chi connectivity index (χ4n) is 5.53. The van der Waals surface area contributed by atoms with E-state index in [0.29, 0.717) is 17.4 Å². The van der Waals surface area contributed by atoms with Crippen LogP contribution in [0.15, 0.2) is 66.7 Å². The highest BCUT2D eigenvalue weighted by Gasteiger charge is 2.30. The summed E-state index contributed by atoms with van der Waals surface area (Å²) >= 11 is 0. The van der Waals surface area contributed by atoms with Crippen LogP contribution in [0.1, 0.15) is 67.1 Å². The lowest BCUT2D eigenvalue weighted by molar-refractivity contribution is 0.0752. The van der Waals surface area contributed by atoms with Gasteiger partial charge in [-0.15, -0.1) is 5.10 Å². The molecule has 1 fully saturated rings. The maximum atomic E-state index is 10.8. The Bertz CT molecular complexity index is 1180. The predicted molar refractivity (Wildman–Crippen MR) is 131 cm³/mol. The van der Waals surface area contributed by atoms with Gasteiger partial charge in [0.25, 0.3) is 0 Å². The number of aromatic amines is 1. The number of benzene rings is 2. The standard InChI is InChI=1S/C27H31N5O/c28-25-17-23(26-27(29-25)31-32-30-26)21(19-9-3-1-4-10-19)13-7-8-18-14-15-22(24(33)16-18)20-11-5-2-6-12-20/h1-6,9-12,17-18,21-22,24,33H,7-8,13-16H2,(H3,28,29,30,31,32)/t18?,21?,22-,24+/m1/s1. The largest absolute Gasteiger partial charge is 0.392 e. The van der Waals surface area contributed by atoms with Gasteiger partial charge >= 0.3 is 0 Å². The van der Waals surface area contributed by atoms with Crippen LogP contribution in [0.2, 0.25) is 0 Å². The number of hydrogen-bond acceptors (Lipinski definition) is 5. The van der Waals surface area contributed by atoms with Gasteiger partial charge in [-0.3, -0.25) is 0 Å². The second-order valence-electron chi connectivity index (χ2n) is 9.29. The van der Waals surface area contributed by atoms with E-state index in [-0.39, 0.29) is 17.9 Å². The summed E-state index contributed by atoms with van der Waals surface area (Å²) in [5.74, 6) is 1.47. The second kappa shape index (κ2) is 9.71. The van der Waals surface area contributed by atoms with E-state index in [1.54, 1.807) is 0 Å². The van der Waals surface area contributed by atoms with Crippen molar-refractivity contribution in [1.82, 2.24) is 20.4 Å². The lowest BCUT2D eigenvalue weighted by atomic mass is 9.74. The minimum absolute atomic E-state index is 0.176. The summed E-state index contributed by atoms with van der Waals surface area (Å²) in [5.41, 5.74) is 11.0. The van der Waals surface area contributed by atoms with Crippen molar-refractivity contribution in [1.29, 1.82) is 0 Å². The van der Waals surface area contributed by atoms with E-state index in [1.165, 1.54) is 17.5 Å². The summed E-state index contributed by atoms with van der Waals surface area (Å²) in [6, 6.07) is 22.9. The molecule has 0 aliphatic heterocycles. The Labute approximate surface area is 194 Å². The minimum Gasteiger partial charge on any atom is -0.392 e. The Morgan fingerprint density at radius 2 is 1.76 bits per heavy atom. The van der Waals surface area contributed by atoms with Crippen molar-refractivity contribution >= 4 is 17.0 Å². The molecule has 4 aromatic rings. The van der Waals surface area contributed by atoms with Crippen LogP contribution in [-0.4, -0.2) is 31.6 Å². The highest BCUT2D eigenvalue weighted by molar-refractivity contribution is 5.77. The lowest BCUT2D eigenvalue weighted by Crippen LogP contribution is -2.27. The molecule has 4 atom stereocenters. The van der Waals surface area contributed by atoms with Gasteiger partial charge in [0, 0.05) is 11.8 Å². The molecule has 1 aliphatic rings. The van der Waals surface area contributed by atoms with Crippen molar-refractivity contribution in [3.63, 3.8) is 0 Å². The Morgan fingerprint density at radius 1 is 1.00 bits per heavy atom. The summed E-state index contributed by atoms with van der Waals surface area (Å²) in [6.07, 6.45) is 6.03. The van der Waals surface area contributed by atoms with Crippen LogP contribution >= 0.6 is 0 Å². The summed E-state index contributed by atoms with van der Waals surface area (Å²) < 4.78 is 0. The number of rotatable bonds is 7. The fraction of sp³-hybridized carbons (Fsp3) is 0.370. The number of nitrogens with two attached hydrogens (primary N) is 1. The maximum Gasteiger partial charge on any atom is 0.203 e. The first-order chi connectivity index (χ1) is 16.2. The molecule has 6 heteroatoms. The molecule has 6 nitrogen and oxygen atoms in total. The normalized spacial score (nSPS) is 21.8. The highest BCUT2D eigenvalue weighted by atomic mass is 16.3. The molecule has 4 N–H and O–H groups in total. The Balaban J connectivity index is 1.28. The molecular weight excluding hydrogens is 410 g/mol. The smallest absolute Gasteiger partial charge is 0.203 e. The molecule has 1 saturated carbocycles. The van der Waals surface area contributed by atoms with E-state index in [0.717, 1.165) is 43.2 Å². The molecule has 2 aromatic carbocycles. The van der Waals surface area contributed by atoms with Crippen molar-refractivity contribution in [2.75, 3.05) is 5.73 Å². The SMILES string of the molecule is Nc1cc(C(CCCC2CC[C@H](c3ccccc3)[C@@H](O)C2)c2ccccc2)c2n[nH]nc2n1. The summed E-state index contributed by atoms with van der Waals surface area (Å²) in [6.45, 7) is 0. The molecular formula is C27H31N5O. The Hall–Kier alpha value is -3.25. The molecule has 5 rings (SSSR count). The molecule has 2 aromatic heterocycles. The molecule has 0 spiro atoms. The van der Waals surface area contributed by atoms with Crippen LogP contribution in [0.25, 0.3) is 11.2 Å². The molecule has 33 heavy (non-hydrogen) atoms. The zero-order valence-corrected chi connectivity index (χ0v) is 18.8. The van der Waals surface area contributed by atoms with Crippen molar-refractivity contribution in [2.24, 2.45) is 5.92 Å². The van der Waals surface area contributed by atoms with Crippen LogP contribution in [0.3, 0.4) is 0 Å². The van der Waals surface area contributed by atoms with Crippen molar-refractivity contribution in [3.05, 3.63) is 83.4 Å². The van der Waals surface area contributed by atoms with E-state index in [4.69, 9.17) is 5.73 Å². The summed E-state index contributed by atoms with van der Waals surface area (Å²) in [7, 11) is 0. The first-order valence-corrected chi connectivity index (χ1v) is 11.9. The van der Waals surface area contributed by atoms with E-state index >= 15 is 0 Å². The van der Waals surface area contributed by atoms with Crippen LogP contribution < -0.4 is 5.73 Å². The van der Waals surface area contributed by atoms with Gasteiger partial charge in [0.05, 0.1) is 6.10 Å². The van der Waals surface area contributed by atoms with Crippen molar-refractivity contribution in [2.45, 2.75) is 56.5 Å². The van der Waals surface area contributed by atoms with E-state index < -0.39 is 0 Å². The van der Waals surface area contributed by atoms with E-state index in [2.05, 4.69) is 68.9 Å². The number of nitrogen functional groups attached to an aromatic ring is 1. The molecule has 0 radical (unpaired) electrons. The molecule has 0 amide bonds. The van der Waals surface area contributed by atoms with E-state index in [1.807, 2.05) is 18.2 Å². The van der Waals surface area contributed by atoms with Gasteiger partial charge in [-0.1, -0.05) is 73.5 Å². The topological polar surface area (TPSA) is 101 Å². The van der Waals surface area contributed by atoms with Gasteiger partial charge in [-0.2, -0.15) is 10.3 Å². The Kier molecular flexibility index (Phi) is 6.35. The van der Waals surface area contributed by atoms with Gasteiger partial charge in [-0.25, -0.2) is 4.98 Å². The number of nitrogens with one attached hydrogen (secondary N) is 1. The third kappa shape index (κ3) is 4.76. The van der Waals surface area contributed by atoms with Gasteiger partial charge < -0.3 is 10.8 Å². The van der Waals surface area contributed by atoms with Crippen LogP contribution in [0.5, 0.6) is 0 Å². The molecule has 0 bridgehead atoms. The van der Waals surface area contributed by atoms with Gasteiger partial charge in [0.1, 0.15) is 11.3 Å². The lowest BCUT2D eigenvalue weighted by Gasteiger charge is -2.33. The molecule has 0 saturated heterocycles. The predicted octanol–water partition coefficient (Wildman–Crippen LogP) is 5.18. The van der Waals surface area contributed by atoms with Crippen LogP contribution in [-0.2, 0) is 0 Å². The number of pyridine rings is 1. The minimum atomic E-state index is -0.258. The number of nitrogens with zero attached hydrogens (tertiary/aromatic N) is 3. The van der Waals surface area contributed by atoms with Crippen molar-refractivity contribution in [3.8, 4) is 0 Å². The highest BCUT2D eigenvalue weighted by Crippen LogP contribution is 2.39. The van der Waals surface area contributed by atoms with Crippen LogP contribution in [0.4, 0.5) is 5.82 Å². The molecule has 1 aliphatic carbocycles. The van der Waals surface area contributed by atoms with Gasteiger partial charge in [0.15, 0.2) is 0 Å². The van der Waals surface area contributed by atoms with Gasteiger partial charge in [0.2, 0.25) is 5.65 Å². The molecule has 170 valence electrons. The van der Waals surface area contributed by atoms with E-state index in [9.17, 15) is 5.11 Å². The third-order valence-corrected chi connectivity index (χ3v) is 7.18. The zero-order valence-electron chi connectivity index (χ0n) is 18.8. The number of hydrogen-bond donors (Lipinski definition) is 3. The number of aromatic nitrogens is 4. The average Bonchev–Trinajstić information content (AvgIpc) is 3.31. The monoisotopic (exact) mass is 441 g/mol. The number of H-pyrrole nitrogens is 1. The first kappa shape index (κ1) is 21.6. The average molecular weight is 442 g/mol. The zero-order chi connectivity index (χ0) is 22.6. The third-order valence-electron chi connectivity index (χ3n) is 7.18. The quantitative estimate of drug-likeness (QED) is 0.367. The van der Waals surface area contributed by atoms with Gasteiger partial charge in [-0.05, 0) is 54.4 Å². The van der Waals surface area contributed by atoms with Crippen LogP contribution in [0, 0.1) is 5.92 Å². The Morgan fingerprint density at radius 3 is 2.52 bits per heavy atom. The number of anilines is 1. The molecule has 2 heterocycles. The molecule has 2 unspecified atom stereocenters. The fourth-order valence-corrected chi connectivity index (χ4v) is 5.53. The number of aliphatic hydroxyl groups is 1. The first-order valence-electron chi connectivity index (χ1n) is 11.9. The summed E-state index contributed by atoms with van der Waals surface area (Å²) in [5, 5.41) is 22.1. The maximum absolute atomic E-state index is 10.8. The number of aliphatic hydroxyl groups excluding tert-OH is 1. The second-order valence-corrected chi connectivity index (χ2v) is 9.29. The summed E-state index contributed by atoms with van der Waals surface area (Å²) in [4.78, 5) is 4.31. The number of fused-ring (bicyclic) bond motifs is 1.